The van der Waals surface area contributed by atoms with Crippen molar-refractivity contribution in [2.75, 3.05) is 13.2 Å². The standard InChI is InChI=1S/C77H144O6/c1-4-7-10-13-16-19-22-25-28-30-32-33-34-35-36-37-38-39-40-41-42-43-44-45-46-48-49-52-55-58-61-64-67-70-76(79)82-73-74(72-81-75(78)69-66-63-60-57-54-51-27-24-21-18-15-12-9-6-3)83-77(80)71-68-65-62-59-56-53-50-47-31-29-26-23-20-17-14-11-8-5-2/h22,25,29-32,74H,4-21,23-24,26-28,33-73H2,1-3H3/b25-22-,31-29-,32-30-. The van der Waals surface area contributed by atoms with Crippen molar-refractivity contribution in [2.45, 2.75) is 425 Å². The van der Waals surface area contributed by atoms with Crippen molar-refractivity contribution in [1.82, 2.24) is 0 Å². The van der Waals surface area contributed by atoms with Crippen LogP contribution in [0.15, 0.2) is 36.5 Å². The average Bonchev–Trinajstić information content (AvgIpc) is 3.49. The molecule has 0 aromatic carbocycles. The van der Waals surface area contributed by atoms with Gasteiger partial charge in [-0.3, -0.25) is 14.4 Å². The molecule has 0 amide bonds. The summed E-state index contributed by atoms with van der Waals surface area (Å²) in [5.41, 5.74) is 0. The van der Waals surface area contributed by atoms with E-state index in [1.165, 1.54) is 315 Å². The second-order valence-electron chi connectivity index (χ2n) is 25.6. The van der Waals surface area contributed by atoms with Gasteiger partial charge in [-0.1, -0.05) is 359 Å². The van der Waals surface area contributed by atoms with E-state index in [2.05, 4.69) is 57.2 Å². The molecule has 0 radical (unpaired) electrons. The Bertz CT molecular complexity index is 1380. The maximum Gasteiger partial charge on any atom is 0.306 e. The Morgan fingerprint density at radius 3 is 0.675 bits per heavy atom. The Balaban J connectivity index is 4.13. The maximum absolute atomic E-state index is 12.9. The molecule has 0 spiro atoms. The van der Waals surface area contributed by atoms with E-state index in [9.17, 15) is 14.4 Å². The molecular weight excluding hydrogens is 1020 g/mol. The predicted octanol–water partition coefficient (Wildman–Crippen LogP) is 25.9. The topological polar surface area (TPSA) is 78.9 Å². The minimum absolute atomic E-state index is 0.0671. The normalized spacial score (nSPS) is 12.2. The minimum atomic E-state index is -0.771. The van der Waals surface area contributed by atoms with Gasteiger partial charge < -0.3 is 14.2 Å². The number of ether oxygens (including phenoxy) is 3. The fourth-order valence-electron chi connectivity index (χ4n) is 11.5. The van der Waals surface area contributed by atoms with Crippen LogP contribution in [0.1, 0.15) is 419 Å². The lowest BCUT2D eigenvalue weighted by Crippen LogP contribution is -2.30. The molecule has 0 N–H and O–H groups in total. The van der Waals surface area contributed by atoms with Gasteiger partial charge in [-0.15, -0.1) is 0 Å². The largest absolute Gasteiger partial charge is 0.462 e. The summed E-state index contributed by atoms with van der Waals surface area (Å²) in [6.07, 6.45) is 90.5. The quantitative estimate of drug-likeness (QED) is 0.0261. The SMILES string of the molecule is CCCCCCC/C=C\C/C=C\CCCCCCCCCCCCCCCCCCCCCCCC(=O)OCC(COC(=O)CCCCCCCCCCCCCCCC)OC(=O)CCCCCCCCC/C=C\CCCCCCCCC. The first-order valence-electron chi connectivity index (χ1n) is 37.5. The van der Waals surface area contributed by atoms with E-state index >= 15 is 0 Å². The van der Waals surface area contributed by atoms with Crippen LogP contribution in [0.3, 0.4) is 0 Å². The van der Waals surface area contributed by atoms with Gasteiger partial charge in [0, 0.05) is 19.3 Å². The number of allylic oxidation sites excluding steroid dienone is 6. The molecule has 0 aromatic heterocycles. The van der Waals surface area contributed by atoms with Crippen LogP contribution in [0.4, 0.5) is 0 Å². The lowest BCUT2D eigenvalue weighted by atomic mass is 10.0. The third-order valence-electron chi connectivity index (χ3n) is 17.1. The summed E-state index contributed by atoms with van der Waals surface area (Å²) in [6.45, 7) is 6.70. The Kier molecular flexibility index (Phi) is 70.0. The predicted molar refractivity (Wildman–Crippen MR) is 362 cm³/mol. The van der Waals surface area contributed by atoms with E-state index in [-0.39, 0.29) is 31.1 Å². The summed E-state index contributed by atoms with van der Waals surface area (Å²) in [5, 5.41) is 0. The molecule has 0 aromatic rings. The molecule has 0 saturated carbocycles. The zero-order valence-electron chi connectivity index (χ0n) is 56.2. The second-order valence-corrected chi connectivity index (χ2v) is 25.6. The molecule has 0 aliphatic carbocycles. The molecule has 6 heteroatoms. The minimum Gasteiger partial charge on any atom is -0.462 e. The van der Waals surface area contributed by atoms with Crippen molar-refractivity contribution >= 4 is 17.9 Å². The number of carbonyl (C=O) groups excluding carboxylic acids is 3. The lowest BCUT2D eigenvalue weighted by molar-refractivity contribution is -0.167. The highest BCUT2D eigenvalue weighted by atomic mass is 16.6. The second kappa shape index (κ2) is 72.1. The van der Waals surface area contributed by atoms with Gasteiger partial charge in [0.05, 0.1) is 0 Å². The van der Waals surface area contributed by atoms with Gasteiger partial charge in [0.25, 0.3) is 0 Å². The number of rotatable bonds is 70. The highest BCUT2D eigenvalue weighted by Crippen LogP contribution is 2.19. The van der Waals surface area contributed by atoms with Gasteiger partial charge in [0.2, 0.25) is 0 Å². The molecule has 83 heavy (non-hydrogen) atoms. The molecular formula is C77H144O6. The van der Waals surface area contributed by atoms with Crippen LogP contribution >= 0.6 is 0 Å². The molecule has 0 fully saturated rings. The van der Waals surface area contributed by atoms with Crippen LogP contribution in [0.25, 0.3) is 0 Å². The molecule has 0 rings (SSSR count). The summed E-state index contributed by atoms with van der Waals surface area (Å²) in [4.78, 5) is 38.5. The molecule has 1 atom stereocenters. The highest BCUT2D eigenvalue weighted by molar-refractivity contribution is 5.71. The number of hydrogen-bond acceptors (Lipinski definition) is 6. The fourth-order valence-corrected chi connectivity index (χ4v) is 11.5. The van der Waals surface area contributed by atoms with Crippen LogP contribution in [-0.4, -0.2) is 37.2 Å². The molecule has 0 aliphatic heterocycles. The average molecular weight is 1170 g/mol. The van der Waals surface area contributed by atoms with E-state index in [0.717, 1.165) is 64.2 Å². The van der Waals surface area contributed by atoms with Crippen molar-refractivity contribution in [1.29, 1.82) is 0 Å². The van der Waals surface area contributed by atoms with Crippen molar-refractivity contribution in [3.8, 4) is 0 Å². The number of hydrogen-bond donors (Lipinski definition) is 0. The van der Waals surface area contributed by atoms with Gasteiger partial charge >= 0.3 is 17.9 Å². The number of esters is 3. The molecule has 488 valence electrons. The fraction of sp³-hybridized carbons (Fsp3) is 0.883. The smallest absolute Gasteiger partial charge is 0.306 e. The monoisotopic (exact) mass is 1170 g/mol. The van der Waals surface area contributed by atoms with Gasteiger partial charge in [-0.05, 0) is 77.0 Å². The van der Waals surface area contributed by atoms with Crippen LogP contribution < -0.4 is 0 Å². The van der Waals surface area contributed by atoms with E-state index in [0.29, 0.717) is 19.3 Å². The van der Waals surface area contributed by atoms with Gasteiger partial charge in [0.15, 0.2) is 6.10 Å². The maximum atomic E-state index is 12.9. The van der Waals surface area contributed by atoms with Gasteiger partial charge in [-0.2, -0.15) is 0 Å². The first-order valence-corrected chi connectivity index (χ1v) is 37.5. The first-order chi connectivity index (χ1) is 41.0. The van der Waals surface area contributed by atoms with Crippen molar-refractivity contribution in [3.05, 3.63) is 36.5 Å². The summed E-state index contributed by atoms with van der Waals surface area (Å²) >= 11 is 0. The first kappa shape index (κ1) is 80.6. The zero-order chi connectivity index (χ0) is 59.9. The van der Waals surface area contributed by atoms with E-state index in [4.69, 9.17) is 14.2 Å². The Labute approximate surface area is 518 Å². The zero-order valence-corrected chi connectivity index (χ0v) is 56.2. The molecule has 0 bridgehead atoms. The summed E-state index contributed by atoms with van der Waals surface area (Å²) < 4.78 is 17.0. The Hall–Kier alpha value is -2.37. The van der Waals surface area contributed by atoms with E-state index in [1.54, 1.807) is 0 Å². The van der Waals surface area contributed by atoms with Crippen LogP contribution in [-0.2, 0) is 28.6 Å². The molecule has 1 unspecified atom stereocenters. The molecule has 0 heterocycles. The van der Waals surface area contributed by atoms with Crippen LogP contribution in [0.5, 0.6) is 0 Å². The van der Waals surface area contributed by atoms with Crippen molar-refractivity contribution < 1.29 is 28.6 Å². The van der Waals surface area contributed by atoms with Crippen molar-refractivity contribution in [3.63, 3.8) is 0 Å². The Morgan fingerprint density at radius 1 is 0.241 bits per heavy atom. The third kappa shape index (κ3) is 70.3. The summed E-state index contributed by atoms with van der Waals surface area (Å²) in [7, 11) is 0. The molecule has 0 saturated heterocycles. The molecule has 0 aliphatic rings. The lowest BCUT2D eigenvalue weighted by Gasteiger charge is -2.18. The van der Waals surface area contributed by atoms with Gasteiger partial charge in [-0.25, -0.2) is 0 Å². The Morgan fingerprint density at radius 2 is 0.434 bits per heavy atom. The van der Waals surface area contributed by atoms with Crippen molar-refractivity contribution in [2.24, 2.45) is 0 Å². The van der Waals surface area contributed by atoms with Crippen LogP contribution in [0, 0.1) is 0 Å². The highest BCUT2D eigenvalue weighted by Gasteiger charge is 2.20. The van der Waals surface area contributed by atoms with E-state index in [1.807, 2.05) is 0 Å². The number of carbonyl (C=O) groups is 3. The third-order valence-corrected chi connectivity index (χ3v) is 17.1. The number of unbranched alkanes of at least 4 members (excludes halogenated alkanes) is 53. The molecule has 6 nitrogen and oxygen atoms in total. The summed E-state index contributed by atoms with van der Waals surface area (Å²) in [5.74, 6) is -0.839. The van der Waals surface area contributed by atoms with E-state index < -0.39 is 6.10 Å². The van der Waals surface area contributed by atoms with Crippen LogP contribution in [0.2, 0.25) is 0 Å². The van der Waals surface area contributed by atoms with Gasteiger partial charge in [0.1, 0.15) is 13.2 Å². The summed E-state index contributed by atoms with van der Waals surface area (Å²) in [6, 6.07) is 0.